The summed E-state index contributed by atoms with van der Waals surface area (Å²) < 4.78 is 12.6. The minimum atomic E-state index is -1.14. The lowest BCUT2D eigenvalue weighted by molar-refractivity contribution is -0.120. The van der Waals surface area contributed by atoms with Gasteiger partial charge in [0.05, 0.1) is 12.0 Å². The van der Waals surface area contributed by atoms with E-state index in [1.54, 1.807) is 10.8 Å². The molecule has 9 heteroatoms. The molecule has 0 bridgehead atoms. The third kappa shape index (κ3) is 4.49. The first-order valence-electron chi connectivity index (χ1n) is 10.2. The van der Waals surface area contributed by atoms with Gasteiger partial charge in [0.15, 0.2) is 6.23 Å². The third-order valence-corrected chi connectivity index (χ3v) is 5.35. The molecule has 1 aliphatic rings. The molecular weight excluding hydrogens is 388 g/mol. The second-order valence-corrected chi connectivity index (χ2v) is 9.30. The lowest BCUT2D eigenvalue weighted by atomic mass is 9.85. The summed E-state index contributed by atoms with van der Waals surface area (Å²) in [5.41, 5.74) is 1.37. The molecule has 2 aromatic heterocycles. The number of anilines is 1. The summed E-state index contributed by atoms with van der Waals surface area (Å²) >= 11 is 0. The number of amides is 1. The third-order valence-electron chi connectivity index (χ3n) is 5.35. The molecule has 1 fully saturated rings. The first kappa shape index (κ1) is 22.6. The van der Waals surface area contributed by atoms with Crippen molar-refractivity contribution >= 4 is 22.8 Å². The van der Waals surface area contributed by atoms with Crippen LogP contribution in [0.3, 0.4) is 0 Å². The largest absolute Gasteiger partial charge is 0.387 e. The topological polar surface area (TPSA) is 119 Å². The average molecular weight is 421 g/mol. The van der Waals surface area contributed by atoms with Crippen LogP contribution in [0.4, 0.5) is 5.82 Å². The lowest BCUT2D eigenvalue weighted by Crippen LogP contribution is -2.33. The molecule has 0 aliphatic carbocycles. The fraction of sp³-hybridized carbons (Fsp3) is 0.667. The first-order valence-corrected chi connectivity index (χ1v) is 10.2. The van der Waals surface area contributed by atoms with Crippen LogP contribution in [0.25, 0.3) is 11.0 Å². The number of hydrogen-bond acceptors (Lipinski definition) is 7. The Balaban J connectivity index is 1.90. The van der Waals surface area contributed by atoms with Crippen molar-refractivity contribution in [3.63, 3.8) is 0 Å². The smallest absolute Gasteiger partial charge is 0.228 e. The number of aromatic nitrogens is 3. The van der Waals surface area contributed by atoms with Crippen LogP contribution in [-0.4, -0.2) is 62.7 Å². The maximum absolute atomic E-state index is 12.7. The van der Waals surface area contributed by atoms with Gasteiger partial charge < -0.3 is 29.6 Å². The summed E-state index contributed by atoms with van der Waals surface area (Å²) in [6, 6.07) is 0. The highest BCUT2D eigenvalue weighted by molar-refractivity contribution is 6.00. The Morgan fingerprint density at radius 3 is 2.67 bits per heavy atom. The van der Waals surface area contributed by atoms with E-state index in [0.717, 1.165) is 12.0 Å². The normalized spacial score (nSPS) is 25.6. The number of aliphatic hydroxyl groups excluding tert-OH is 2. The maximum Gasteiger partial charge on any atom is 0.228 e. The van der Waals surface area contributed by atoms with Crippen LogP contribution in [0.1, 0.15) is 45.9 Å². The van der Waals surface area contributed by atoms with Crippen molar-refractivity contribution in [3.8, 4) is 0 Å². The van der Waals surface area contributed by atoms with E-state index in [0.29, 0.717) is 16.9 Å². The summed E-state index contributed by atoms with van der Waals surface area (Å²) in [6.45, 7) is 10.2. The van der Waals surface area contributed by atoms with Gasteiger partial charge in [0, 0.05) is 19.2 Å². The zero-order valence-corrected chi connectivity index (χ0v) is 18.4. The fourth-order valence-corrected chi connectivity index (χ4v) is 4.07. The van der Waals surface area contributed by atoms with Crippen LogP contribution >= 0.6 is 0 Å². The molecule has 3 heterocycles. The van der Waals surface area contributed by atoms with Gasteiger partial charge in [-0.25, -0.2) is 9.97 Å². The minimum absolute atomic E-state index is 0.0343. The van der Waals surface area contributed by atoms with Gasteiger partial charge in [-0.1, -0.05) is 27.7 Å². The number of methoxy groups -OCH3 is 1. The lowest BCUT2D eigenvalue weighted by Gasteiger charge is -2.22. The Kier molecular flexibility index (Phi) is 6.47. The number of nitrogens with zero attached hydrogens (tertiary/aromatic N) is 3. The monoisotopic (exact) mass is 420 g/mol. The molecule has 2 aromatic rings. The molecule has 166 valence electrons. The van der Waals surface area contributed by atoms with Gasteiger partial charge in [0.2, 0.25) is 5.91 Å². The zero-order chi connectivity index (χ0) is 22.2. The molecule has 0 radical (unpaired) electrons. The van der Waals surface area contributed by atoms with E-state index in [-0.39, 0.29) is 23.8 Å². The van der Waals surface area contributed by atoms with Gasteiger partial charge >= 0.3 is 0 Å². The van der Waals surface area contributed by atoms with Crippen LogP contribution in [0.15, 0.2) is 12.5 Å². The Morgan fingerprint density at radius 1 is 1.33 bits per heavy atom. The highest BCUT2D eigenvalue weighted by atomic mass is 16.6. The van der Waals surface area contributed by atoms with E-state index in [1.165, 1.54) is 13.4 Å². The summed E-state index contributed by atoms with van der Waals surface area (Å²) in [6.07, 6.45) is 0.206. The Morgan fingerprint density at radius 2 is 2.03 bits per heavy atom. The molecule has 3 rings (SSSR count). The number of aryl methyl sites for hydroxylation is 1. The minimum Gasteiger partial charge on any atom is -0.387 e. The predicted octanol–water partition coefficient (Wildman–Crippen LogP) is 2.02. The second kappa shape index (κ2) is 8.58. The zero-order valence-electron chi connectivity index (χ0n) is 18.4. The summed E-state index contributed by atoms with van der Waals surface area (Å²) in [5.74, 6) is 0.135. The van der Waals surface area contributed by atoms with Crippen molar-refractivity contribution in [2.45, 2.75) is 65.6 Å². The van der Waals surface area contributed by atoms with Gasteiger partial charge in [0.1, 0.15) is 36.1 Å². The molecular formula is C21H32N4O5. The SMILES string of the molecule is COC[C@H]1O[C@@H](n2cc(C)c3c(NC(=O)C(C)CC(C)(C)C)ncnc32)[C@@H](O)C1O. The van der Waals surface area contributed by atoms with E-state index >= 15 is 0 Å². The highest BCUT2D eigenvalue weighted by Crippen LogP contribution is 2.35. The van der Waals surface area contributed by atoms with Crippen molar-refractivity contribution in [1.29, 1.82) is 0 Å². The molecule has 2 unspecified atom stereocenters. The first-order chi connectivity index (χ1) is 14.0. The Hall–Kier alpha value is -2.07. The number of ether oxygens (including phenoxy) is 2. The summed E-state index contributed by atoms with van der Waals surface area (Å²) in [7, 11) is 1.51. The van der Waals surface area contributed by atoms with E-state index in [4.69, 9.17) is 9.47 Å². The van der Waals surface area contributed by atoms with Crippen LogP contribution in [-0.2, 0) is 14.3 Å². The molecule has 3 N–H and O–H groups in total. The fourth-order valence-electron chi connectivity index (χ4n) is 4.07. The van der Waals surface area contributed by atoms with Crippen LogP contribution in [0.2, 0.25) is 0 Å². The molecule has 1 saturated heterocycles. The van der Waals surface area contributed by atoms with Crippen LogP contribution in [0, 0.1) is 18.3 Å². The molecule has 0 spiro atoms. The average Bonchev–Trinajstić information content (AvgIpc) is 3.13. The van der Waals surface area contributed by atoms with Gasteiger partial charge in [-0.15, -0.1) is 0 Å². The van der Waals surface area contributed by atoms with Gasteiger partial charge in [0.25, 0.3) is 0 Å². The van der Waals surface area contributed by atoms with E-state index in [1.807, 2.05) is 13.8 Å². The van der Waals surface area contributed by atoms with Crippen molar-refractivity contribution in [1.82, 2.24) is 14.5 Å². The van der Waals surface area contributed by atoms with Crippen molar-refractivity contribution in [3.05, 3.63) is 18.1 Å². The van der Waals surface area contributed by atoms with Crippen molar-refractivity contribution in [2.24, 2.45) is 11.3 Å². The van der Waals surface area contributed by atoms with Gasteiger partial charge in [-0.3, -0.25) is 4.79 Å². The number of hydrogen-bond donors (Lipinski definition) is 3. The van der Waals surface area contributed by atoms with E-state index in [9.17, 15) is 15.0 Å². The second-order valence-electron chi connectivity index (χ2n) is 9.30. The summed E-state index contributed by atoms with van der Waals surface area (Å²) in [4.78, 5) is 21.3. The molecule has 1 aliphatic heterocycles. The predicted molar refractivity (Wildman–Crippen MR) is 112 cm³/mol. The number of carbonyl (C=O) groups is 1. The molecule has 1 amide bonds. The number of nitrogens with one attached hydrogen (secondary N) is 1. The van der Waals surface area contributed by atoms with Gasteiger partial charge in [-0.2, -0.15) is 0 Å². The molecule has 30 heavy (non-hydrogen) atoms. The van der Waals surface area contributed by atoms with Crippen molar-refractivity contribution in [2.75, 3.05) is 19.0 Å². The molecule has 0 saturated carbocycles. The maximum atomic E-state index is 12.7. The number of rotatable bonds is 6. The number of fused-ring (bicyclic) bond motifs is 1. The van der Waals surface area contributed by atoms with Gasteiger partial charge in [-0.05, 0) is 24.3 Å². The standard InChI is InChI=1S/C21H32N4O5/c1-11(7-21(3,4)5)19(28)24-17-14-12(2)8-25(18(14)23-10-22-17)20-16(27)15(26)13(30-20)9-29-6/h8,10-11,13,15-16,20,26-27H,7,9H2,1-6H3,(H,22,23,24,28)/t11?,13-,15?,16+,20-/m1/s1. The summed E-state index contributed by atoms with van der Waals surface area (Å²) in [5, 5.41) is 24.4. The number of carbonyl (C=O) groups excluding carboxylic acids is 1. The van der Waals surface area contributed by atoms with E-state index in [2.05, 4.69) is 36.1 Å². The van der Waals surface area contributed by atoms with Crippen LogP contribution in [0.5, 0.6) is 0 Å². The highest BCUT2D eigenvalue weighted by Gasteiger charge is 2.44. The molecule has 9 nitrogen and oxygen atoms in total. The number of aliphatic hydroxyl groups is 2. The Bertz CT molecular complexity index is 907. The quantitative estimate of drug-likeness (QED) is 0.654. The molecule has 5 atom stereocenters. The molecule has 0 aromatic carbocycles. The van der Waals surface area contributed by atoms with Crippen LogP contribution < -0.4 is 5.32 Å². The van der Waals surface area contributed by atoms with E-state index < -0.39 is 24.5 Å². The Labute approximate surface area is 176 Å². The van der Waals surface area contributed by atoms with Crippen molar-refractivity contribution < 1.29 is 24.5 Å².